The van der Waals surface area contributed by atoms with Crippen LogP contribution in [0.3, 0.4) is 0 Å². The van der Waals surface area contributed by atoms with E-state index < -0.39 is 5.97 Å². The van der Waals surface area contributed by atoms with Crippen molar-refractivity contribution in [1.29, 1.82) is 0 Å². The summed E-state index contributed by atoms with van der Waals surface area (Å²) in [5, 5.41) is 0. The van der Waals surface area contributed by atoms with Gasteiger partial charge in [-0.2, -0.15) is 0 Å². The number of aliphatic imine (C=N–C) groups is 1. The highest BCUT2D eigenvalue weighted by molar-refractivity contribution is 6.23. The number of carbonyl (C=O) groups excluding carboxylic acids is 1. The number of methoxy groups -OCH3 is 2. The zero-order valence-corrected chi connectivity index (χ0v) is 8.61. The van der Waals surface area contributed by atoms with Crippen molar-refractivity contribution in [2.24, 2.45) is 10.9 Å². The lowest BCUT2D eigenvalue weighted by Crippen LogP contribution is -2.20. The highest BCUT2D eigenvalue weighted by Crippen LogP contribution is 2.05. The maximum Gasteiger partial charge on any atom is 0.348 e. The molecule has 0 amide bonds. The van der Waals surface area contributed by atoms with Gasteiger partial charge in [-0.15, -0.1) is 0 Å². The van der Waals surface area contributed by atoms with Crippen LogP contribution in [-0.4, -0.2) is 39.1 Å². The van der Waals surface area contributed by atoms with E-state index in [2.05, 4.69) is 9.73 Å². The number of hydrogen-bond acceptors (Lipinski definition) is 4. The summed E-state index contributed by atoms with van der Waals surface area (Å²) in [5.74, 6) is -0.0809. The molecule has 13 heavy (non-hydrogen) atoms. The largest absolute Gasteiger partial charge is 0.465 e. The molecule has 0 heterocycles. The number of hydrogen-bond donors (Lipinski definition) is 0. The van der Waals surface area contributed by atoms with Crippen molar-refractivity contribution in [3.63, 3.8) is 0 Å². The maximum atomic E-state index is 10.7. The summed E-state index contributed by atoms with van der Waals surface area (Å²) in [4.78, 5) is 14.8. The molecule has 0 aromatic carbocycles. The fourth-order valence-electron chi connectivity index (χ4n) is 0.788. The molecule has 4 heteroatoms. The van der Waals surface area contributed by atoms with Crippen LogP contribution in [0.1, 0.15) is 13.8 Å². The van der Waals surface area contributed by atoms with Gasteiger partial charge in [-0.1, -0.05) is 13.8 Å². The molecule has 1 atom stereocenters. The van der Waals surface area contributed by atoms with Gasteiger partial charge in [-0.05, 0) is 5.92 Å². The lowest BCUT2D eigenvalue weighted by atomic mass is 10.1. The topological polar surface area (TPSA) is 47.9 Å². The summed E-state index contributed by atoms with van der Waals surface area (Å²) in [6.45, 7) is 4.57. The van der Waals surface area contributed by atoms with Gasteiger partial charge in [0.2, 0.25) is 0 Å². The van der Waals surface area contributed by atoms with Gasteiger partial charge in [0.1, 0.15) is 6.21 Å². The van der Waals surface area contributed by atoms with E-state index in [-0.39, 0.29) is 6.04 Å². The molecule has 0 aromatic rings. The maximum absolute atomic E-state index is 10.7. The van der Waals surface area contributed by atoms with E-state index in [0.29, 0.717) is 12.5 Å². The van der Waals surface area contributed by atoms with E-state index in [1.54, 1.807) is 7.11 Å². The molecule has 0 aromatic heterocycles. The SMILES string of the molecule is COC[C@@H](N=CC(=O)OC)C(C)C. The Morgan fingerprint density at radius 2 is 2.08 bits per heavy atom. The first-order valence-electron chi connectivity index (χ1n) is 4.21. The molecule has 0 saturated carbocycles. The second-order valence-corrected chi connectivity index (χ2v) is 3.07. The summed E-state index contributed by atoms with van der Waals surface area (Å²) in [5.41, 5.74) is 0. The van der Waals surface area contributed by atoms with Gasteiger partial charge in [-0.25, -0.2) is 4.79 Å². The average molecular weight is 187 g/mol. The summed E-state index contributed by atoms with van der Waals surface area (Å²) < 4.78 is 9.39. The smallest absolute Gasteiger partial charge is 0.348 e. The van der Waals surface area contributed by atoms with Crippen LogP contribution < -0.4 is 0 Å². The van der Waals surface area contributed by atoms with Crippen molar-refractivity contribution in [2.45, 2.75) is 19.9 Å². The molecule has 0 saturated heterocycles. The lowest BCUT2D eigenvalue weighted by molar-refractivity contribution is -0.132. The van der Waals surface area contributed by atoms with Crippen LogP contribution in [-0.2, 0) is 14.3 Å². The van der Waals surface area contributed by atoms with Crippen molar-refractivity contribution in [1.82, 2.24) is 0 Å². The standard InChI is InChI=1S/C9H17NO3/c1-7(2)8(6-12-3)10-5-9(11)13-4/h5,7-8H,6H2,1-4H3/t8-/m1/s1. The van der Waals surface area contributed by atoms with Crippen molar-refractivity contribution in [3.8, 4) is 0 Å². The molecule has 0 aliphatic rings. The average Bonchev–Trinajstić information content (AvgIpc) is 2.11. The highest BCUT2D eigenvalue weighted by Gasteiger charge is 2.10. The lowest BCUT2D eigenvalue weighted by Gasteiger charge is -2.14. The molecule has 0 rings (SSSR count). The normalized spacial score (nSPS) is 13.6. The van der Waals surface area contributed by atoms with Crippen LogP contribution in [0, 0.1) is 5.92 Å². The predicted molar refractivity (Wildman–Crippen MR) is 51.0 cm³/mol. The Bertz CT molecular complexity index is 178. The molecule has 4 nitrogen and oxygen atoms in total. The van der Waals surface area contributed by atoms with Crippen molar-refractivity contribution in [3.05, 3.63) is 0 Å². The van der Waals surface area contributed by atoms with E-state index in [1.165, 1.54) is 13.3 Å². The number of esters is 1. The van der Waals surface area contributed by atoms with Crippen LogP contribution >= 0.6 is 0 Å². The molecular formula is C9H17NO3. The fourth-order valence-corrected chi connectivity index (χ4v) is 0.788. The third kappa shape index (κ3) is 5.36. The number of nitrogens with zero attached hydrogens (tertiary/aromatic N) is 1. The molecule has 0 aliphatic heterocycles. The van der Waals surface area contributed by atoms with Crippen molar-refractivity contribution in [2.75, 3.05) is 20.8 Å². The molecule has 0 aliphatic carbocycles. The molecule has 0 spiro atoms. The Morgan fingerprint density at radius 1 is 1.46 bits per heavy atom. The third-order valence-electron chi connectivity index (χ3n) is 1.68. The molecular weight excluding hydrogens is 170 g/mol. The third-order valence-corrected chi connectivity index (χ3v) is 1.68. The van der Waals surface area contributed by atoms with E-state index in [1.807, 2.05) is 13.8 Å². The summed E-state index contributed by atoms with van der Waals surface area (Å²) in [6.07, 6.45) is 1.20. The molecule has 0 unspecified atom stereocenters. The first kappa shape index (κ1) is 12.1. The Balaban J connectivity index is 4.08. The molecule has 76 valence electrons. The van der Waals surface area contributed by atoms with E-state index in [0.717, 1.165) is 0 Å². The molecule has 0 radical (unpaired) electrons. The van der Waals surface area contributed by atoms with Crippen LogP contribution in [0.15, 0.2) is 4.99 Å². The van der Waals surface area contributed by atoms with Gasteiger partial charge >= 0.3 is 5.97 Å². The van der Waals surface area contributed by atoms with Crippen LogP contribution in [0.5, 0.6) is 0 Å². The van der Waals surface area contributed by atoms with Crippen LogP contribution in [0.4, 0.5) is 0 Å². The quantitative estimate of drug-likeness (QED) is 0.474. The zero-order valence-electron chi connectivity index (χ0n) is 8.61. The Labute approximate surface area is 78.9 Å². The van der Waals surface area contributed by atoms with Gasteiger partial charge in [0.25, 0.3) is 0 Å². The Kier molecular flexibility index (Phi) is 6.14. The van der Waals surface area contributed by atoms with Gasteiger partial charge in [0, 0.05) is 7.11 Å². The van der Waals surface area contributed by atoms with Crippen LogP contribution in [0.25, 0.3) is 0 Å². The molecule has 0 fully saturated rings. The Morgan fingerprint density at radius 3 is 2.46 bits per heavy atom. The number of carbonyl (C=O) groups is 1. The molecule has 0 N–H and O–H groups in total. The summed E-state index contributed by atoms with van der Waals surface area (Å²) in [7, 11) is 2.94. The second-order valence-electron chi connectivity index (χ2n) is 3.07. The van der Waals surface area contributed by atoms with E-state index in [4.69, 9.17) is 4.74 Å². The highest BCUT2D eigenvalue weighted by atomic mass is 16.5. The van der Waals surface area contributed by atoms with Crippen LogP contribution in [0.2, 0.25) is 0 Å². The summed E-state index contributed by atoms with van der Waals surface area (Å²) in [6, 6.07) is 0.0177. The first-order valence-corrected chi connectivity index (χ1v) is 4.21. The molecule has 0 bridgehead atoms. The zero-order chi connectivity index (χ0) is 10.3. The Hall–Kier alpha value is -0.900. The second kappa shape index (κ2) is 6.60. The van der Waals surface area contributed by atoms with Gasteiger partial charge in [0.05, 0.1) is 19.8 Å². The number of ether oxygens (including phenoxy) is 2. The first-order chi connectivity index (χ1) is 6.11. The number of rotatable bonds is 5. The summed E-state index contributed by atoms with van der Waals surface area (Å²) >= 11 is 0. The minimum Gasteiger partial charge on any atom is -0.465 e. The monoisotopic (exact) mass is 187 g/mol. The van der Waals surface area contributed by atoms with Crippen molar-refractivity contribution >= 4 is 12.2 Å². The van der Waals surface area contributed by atoms with E-state index in [9.17, 15) is 4.79 Å². The van der Waals surface area contributed by atoms with Gasteiger partial charge < -0.3 is 9.47 Å². The predicted octanol–water partition coefficient (Wildman–Crippen LogP) is 0.901. The van der Waals surface area contributed by atoms with Gasteiger partial charge in [-0.3, -0.25) is 4.99 Å². The minimum atomic E-state index is -0.429. The fraction of sp³-hybridized carbons (Fsp3) is 0.778. The minimum absolute atomic E-state index is 0.0177. The van der Waals surface area contributed by atoms with Gasteiger partial charge in [0.15, 0.2) is 0 Å². The van der Waals surface area contributed by atoms with Crippen molar-refractivity contribution < 1.29 is 14.3 Å². The van der Waals surface area contributed by atoms with E-state index >= 15 is 0 Å².